The molecule has 0 aliphatic heterocycles. The van der Waals surface area contributed by atoms with Crippen molar-refractivity contribution in [3.05, 3.63) is 65.2 Å². The first-order chi connectivity index (χ1) is 15.9. The molecular weight excluding hydrogens is 432 g/mol. The number of hydrogen-bond acceptors (Lipinski definition) is 5. The van der Waals surface area contributed by atoms with Crippen LogP contribution in [-0.2, 0) is 20.9 Å². The first-order valence-electron chi connectivity index (χ1n) is 10.8. The molecule has 1 aliphatic carbocycles. The minimum absolute atomic E-state index is 0.178. The second-order valence-corrected chi connectivity index (χ2v) is 7.73. The lowest BCUT2D eigenvalue weighted by atomic mass is 9.97. The first-order valence-corrected chi connectivity index (χ1v) is 10.8. The SMILES string of the molecule is CCOC(=O)C1(NC(=O)C=Cc2ccc(OCc3c(F)cccc3F)c(OC)c2)CCCC1. The molecule has 1 amide bonds. The first kappa shape index (κ1) is 24.2. The lowest BCUT2D eigenvalue weighted by Gasteiger charge is -2.27. The summed E-state index contributed by atoms with van der Waals surface area (Å²) in [5.74, 6) is -1.55. The van der Waals surface area contributed by atoms with Crippen molar-refractivity contribution in [2.24, 2.45) is 0 Å². The predicted octanol–water partition coefficient (Wildman–Crippen LogP) is 4.56. The molecule has 1 saturated carbocycles. The molecule has 0 heterocycles. The average molecular weight is 459 g/mol. The van der Waals surface area contributed by atoms with E-state index in [1.54, 1.807) is 31.2 Å². The van der Waals surface area contributed by atoms with Crippen LogP contribution in [0.1, 0.15) is 43.7 Å². The van der Waals surface area contributed by atoms with E-state index in [9.17, 15) is 18.4 Å². The van der Waals surface area contributed by atoms with Crippen LogP contribution in [0.5, 0.6) is 11.5 Å². The Morgan fingerprint density at radius 1 is 1.09 bits per heavy atom. The van der Waals surface area contributed by atoms with Crippen LogP contribution < -0.4 is 14.8 Å². The molecule has 2 aromatic carbocycles. The molecule has 8 heteroatoms. The van der Waals surface area contributed by atoms with E-state index < -0.39 is 29.0 Å². The number of carbonyl (C=O) groups is 2. The van der Waals surface area contributed by atoms with Gasteiger partial charge in [-0.3, -0.25) is 4.79 Å². The Morgan fingerprint density at radius 2 is 1.79 bits per heavy atom. The smallest absolute Gasteiger partial charge is 0.331 e. The van der Waals surface area contributed by atoms with Crippen molar-refractivity contribution in [3.8, 4) is 11.5 Å². The topological polar surface area (TPSA) is 73.9 Å². The fourth-order valence-corrected chi connectivity index (χ4v) is 3.80. The Bertz CT molecular complexity index is 1010. The van der Waals surface area contributed by atoms with Crippen molar-refractivity contribution in [3.63, 3.8) is 0 Å². The van der Waals surface area contributed by atoms with Crippen LogP contribution in [0.3, 0.4) is 0 Å². The number of esters is 1. The molecule has 176 valence electrons. The van der Waals surface area contributed by atoms with Gasteiger partial charge in [-0.2, -0.15) is 0 Å². The Hall–Kier alpha value is -3.42. The number of rotatable bonds is 9. The van der Waals surface area contributed by atoms with Gasteiger partial charge in [0.15, 0.2) is 11.5 Å². The Morgan fingerprint density at radius 3 is 2.42 bits per heavy atom. The van der Waals surface area contributed by atoms with Gasteiger partial charge in [0, 0.05) is 6.08 Å². The summed E-state index contributed by atoms with van der Waals surface area (Å²) in [7, 11) is 1.44. The number of amides is 1. The molecule has 0 unspecified atom stereocenters. The molecule has 0 bridgehead atoms. The summed E-state index contributed by atoms with van der Waals surface area (Å²) in [6.07, 6.45) is 5.70. The summed E-state index contributed by atoms with van der Waals surface area (Å²) in [6.45, 7) is 1.68. The van der Waals surface area contributed by atoms with E-state index in [0.29, 0.717) is 29.9 Å². The zero-order valence-electron chi connectivity index (χ0n) is 18.7. The van der Waals surface area contributed by atoms with E-state index in [1.165, 1.54) is 19.3 Å². The van der Waals surface area contributed by atoms with E-state index in [2.05, 4.69) is 5.32 Å². The van der Waals surface area contributed by atoms with Crippen LogP contribution in [0.2, 0.25) is 0 Å². The monoisotopic (exact) mass is 459 g/mol. The van der Waals surface area contributed by atoms with Gasteiger partial charge in [-0.05, 0) is 55.7 Å². The van der Waals surface area contributed by atoms with E-state index in [1.807, 2.05) is 0 Å². The van der Waals surface area contributed by atoms with Crippen LogP contribution >= 0.6 is 0 Å². The molecule has 0 radical (unpaired) electrons. The standard InChI is InChI=1S/C25H27F2NO5/c1-3-32-24(30)25(13-4-5-14-25)28-23(29)12-10-17-9-11-21(22(15-17)31-2)33-16-18-19(26)7-6-8-20(18)27/h6-12,15H,3-5,13-14,16H2,1-2H3,(H,28,29). The minimum atomic E-state index is -0.977. The molecule has 33 heavy (non-hydrogen) atoms. The van der Waals surface area contributed by atoms with Gasteiger partial charge >= 0.3 is 5.97 Å². The number of nitrogens with one attached hydrogen (secondary N) is 1. The zero-order chi connectivity index (χ0) is 23.8. The number of benzene rings is 2. The number of halogens is 2. The quantitative estimate of drug-likeness (QED) is 0.440. The fourth-order valence-electron chi connectivity index (χ4n) is 3.80. The van der Waals surface area contributed by atoms with Crippen molar-refractivity contribution >= 4 is 18.0 Å². The zero-order valence-corrected chi connectivity index (χ0v) is 18.7. The third-order valence-corrected chi connectivity index (χ3v) is 5.53. The molecule has 1 N–H and O–H groups in total. The Kier molecular flexibility index (Phi) is 8.03. The second kappa shape index (κ2) is 10.9. The maximum absolute atomic E-state index is 13.8. The maximum Gasteiger partial charge on any atom is 0.331 e. The highest BCUT2D eigenvalue weighted by molar-refractivity contribution is 5.96. The Balaban J connectivity index is 1.67. The number of carbonyl (C=O) groups excluding carboxylic acids is 2. The number of methoxy groups -OCH3 is 1. The highest BCUT2D eigenvalue weighted by Crippen LogP contribution is 2.32. The molecule has 0 aromatic heterocycles. The van der Waals surface area contributed by atoms with Crippen LogP contribution in [-0.4, -0.2) is 31.1 Å². The van der Waals surface area contributed by atoms with Gasteiger partial charge in [-0.15, -0.1) is 0 Å². The van der Waals surface area contributed by atoms with Crippen LogP contribution in [0.15, 0.2) is 42.5 Å². The van der Waals surface area contributed by atoms with Gasteiger partial charge in [-0.25, -0.2) is 13.6 Å². The Labute approximate surface area is 191 Å². The van der Waals surface area contributed by atoms with Gasteiger partial charge < -0.3 is 19.5 Å². The summed E-state index contributed by atoms with van der Waals surface area (Å²) >= 11 is 0. The molecule has 0 spiro atoms. The molecule has 6 nitrogen and oxygen atoms in total. The normalized spacial score (nSPS) is 14.8. The minimum Gasteiger partial charge on any atom is -0.493 e. The van der Waals surface area contributed by atoms with Gasteiger partial charge in [0.2, 0.25) is 5.91 Å². The molecular formula is C25H27F2NO5. The number of hydrogen-bond donors (Lipinski definition) is 1. The summed E-state index contributed by atoms with van der Waals surface area (Å²) in [5.41, 5.74) is -0.514. The third kappa shape index (κ3) is 5.88. The molecule has 0 atom stereocenters. The molecule has 2 aromatic rings. The van der Waals surface area contributed by atoms with Crippen molar-refractivity contribution in [1.82, 2.24) is 5.32 Å². The van der Waals surface area contributed by atoms with Gasteiger partial charge in [0.25, 0.3) is 0 Å². The van der Waals surface area contributed by atoms with Gasteiger partial charge in [0.1, 0.15) is 23.8 Å². The average Bonchev–Trinajstić information content (AvgIpc) is 3.27. The highest BCUT2D eigenvalue weighted by atomic mass is 19.1. The largest absolute Gasteiger partial charge is 0.493 e. The van der Waals surface area contributed by atoms with Crippen molar-refractivity contribution in [2.75, 3.05) is 13.7 Å². The summed E-state index contributed by atoms with van der Waals surface area (Å²) in [4.78, 5) is 24.9. The van der Waals surface area contributed by atoms with Crippen LogP contribution in [0.4, 0.5) is 8.78 Å². The van der Waals surface area contributed by atoms with Crippen molar-refractivity contribution < 1.29 is 32.6 Å². The van der Waals surface area contributed by atoms with E-state index in [4.69, 9.17) is 14.2 Å². The molecule has 0 saturated heterocycles. The summed E-state index contributed by atoms with van der Waals surface area (Å²) < 4.78 is 43.6. The van der Waals surface area contributed by atoms with E-state index >= 15 is 0 Å². The molecule has 3 rings (SSSR count). The third-order valence-electron chi connectivity index (χ3n) is 5.53. The van der Waals surface area contributed by atoms with Crippen molar-refractivity contribution in [2.45, 2.75) is 44.8 Å². The summed E-state index contributed by atoms with van der Waals surface area (Å²) in [5, 5.41) is 2.81. The molecule has 1 aliphatic rings. The van der Waals surface area contributed by atoms with Crippen LogP contribution in [0, 0.1) is 11.6 Å². The van der Waals surface area contributed by atoms with E-state index in [0.717, 1.165) is 25.0 Å². The second-order valence-electron chi connectivity index (χ2n) is 7.73. The van der Waals surface area contributed by atoms with Crippen molar-refractivity contribution in [1.29, 1.82) is 0 Å². The van der Waals surface area contributed by atoms with E-state index in [-0.39, 0.29) is 18.8 Å². The maximum atomic E-state index is 13.8. The fraction of sp³-hybridized carbons (Fsp3) is 0.360. The molecule has 1 fully saturated rings. The van der Waals surface area contributed by atoms with Gasteiger partial charge in [-0.1, -0.05) is 25.0 Å². The lowest BCUT2D eigenvalue weighted by molar-refractivity contribution is -0.152. The van der Waals surface area contributed by atoms with Crippen LogP contribution in [0.25, 0.3) is 6.08 Å². The van der Waals surface area contributed by atoms with Gasteiger partial charge in [0.05, 0.1) is 19.3 Å². The highest BCUT2D eigenvalue weighted by Gasteiger charge is 2.43. The number of ether oxygens (including phenoxy) is 3. The summed E-state index contributed by atoms with van der Waals surface area (Å²) in [6, 6.07) is 8.51. The predicted molar refractivity (Wildman–Crippen MR) is 119 cm³/mol. The lowest BCUT2D eigenvalue weighted by Crippen LogP contribution is -2.52.